The van der Waals surface area contributed by atoms with Gasteiger partial charge in [-0.2, -0.15) is 0 Å². The highest BCUT2D eigenvalue weighted by molar-refractivity contribution is 5.87. The van der Waals surface area contributed by atoms with Crippen molar-refractivity contribution in [2.24, 2.45) is 0 Å². The number of hydrogen-bond donors (Lipinski definition) is 1. The minimum absolute atomic E-state index is 0.112. The number of hydrogen-bond acceptors (Lipinski definition) is 2. The first kappa shape index (κ1) is 13.1. The largest absolute Gasteiger partial charge is 0.331 e. The van der Waals surface area contributed by atoms with E-state index in [1.807, 2.05) is 0 Å². The van der Waals surface area contributed by atoms with Crippen molar-refractivity contribution in [3.8, 4) is 0 Å². The molecule has 0 spiro atoms. The first-order valence-electron chi connectivity index (χ1n) is 5.38. The van der Waals surface area contributed by atoms with Crippen LogP contribution in [0.1, 0.15) is 12.5 Å². The van der Waals surface area contributed by atoms with E-state index < -0.39 is 17.5 Å². The fourth-order valence-corrected chi connectivity index (χ4v) is 1.60. The van der Waals surface area contributed by atoms with Gasteiger partial charge >= 0.3 is 0 Å². The minimum Gasteiger partial charge on any atom is -0.331 e. The molecular formula is C12H10F3N3O. The third-order valence-corrected chi connectivity index (χ3v) is 2.35. The molecule has 100 valence electrons. The number of nitrogens with zero attached hydrogens (tertiary/aromatic N) is 2. The molecule has 1 aromatic heterocycles. The van der Waals surface area contributed by atoms with Crippen molar-refractivity contribution in [2.45, 2.75) is 13.5 Å². The quantitative estimate of drug-likeness (QED) is 0.869. The Bertz CT molecular complexity index is 601. The van der Waals surface area contributed by atoms with Gasteiger partial charge in [-0.25, -0.2) is 18.2 Å². The summed E-state index contributed by atoms with van der Waals surface area (Å²) in [6, 6.07) is 1.83. The highest BCUT2D eigenvalue weighted by atomic mass is 19.2. The first-order chi connectivity index (χ1) is 8.95. The molecule has 1 aromatic carbocycles. The van der Waals surface area contributed by atoms with Gasteiger partial charge in [0.25, 0.3) is 0 Å². The summed E-state index contributed by atoms with van der Waals surface area (Å²) in [6.07, 6.45) is 2.89. The number of carbonyl (C=O) groups excluding carboxylic acids is 1. The molecule has 0 radical (unpaired) electrons. The highest BCUT2D eigenvalue weighted by Gasteiger charge is 2.11. The van der Waals surface area contributed by atoms with E-state index in [0.29, 0.717) is 5.82 Å². The van der Waals surface area contributed by atoms with Crippen molar-refractivity contribution in [1.82, 2.24) is 9.55 Å². The smallest absolute Gasteiger partial charge is 0.222 e. The van der Waals surface area contributed by atoms with Gasteiger partial charge in [0.2, 0.25) is 5.91 Å². The lowest BCUT2D eigenvalue weighted by Crippen LogP contribution is -2.06. The van der Waals surface area contributed by atoms with Crippen LogP contribution in [0, 0.1) is 17.5 Å². The lowest BCUT2D eigenvalue weighted by molar-refractivity contribution is -0.114. The summed E-state index contributed by atoms with van der Waals surface area (Å²) >= 11 is 0. The number of halogens is 3. The zero-order valence-electron chi connectivity index (χ0n) is 9.95. The predicted octanol–water partition coefficient (Wildman–Crippen LogP) is 2.31. The Labute approximate surface area is 106 Å². The number of amides is 1. The molecule has 0 unspecified atom stereocenters. The SMILES string of the molecule is CC(=O)Nc1cn(Cc2cc(F)c(F)c(F)c2)cn1. The van der Waals surface area contributed by atoms with E-state index in [1.165, 1.54) is 24.0 Å². The molecule has 1 N–H and O–H groups in total. The van der Waals surface area contributed by atoms with E-state index in [4.69, 9.17) is 0 Å². The summed E-state index contributed by atoms with van der Waals surface area (Å²) in [5.74, 6) is -3.91. The van der Waals surface area contributed by atoms with Gasteiger partial charge in [0.1, 0.15) is 0 Å². The summed E-state index contributed by atoms with van der Waals surface area (Å²) in [7, 11) is 0. The highest BCUT2D eigenvalue weighted by Crippen LogP contribution is 2.15. The average molecular weight is 269 g/mol. The molecule has 0 atom stereocenters. The van der Waals surface area contributed by atoms with Crippen LogP contribution in [0.5, 0.6) is 0 Å². The normalized spacial score (nSPS) is 10.5. The fraction of sp³-hybridized carbons (Fsp3) is 0.167. The number of anilines is 1. The van der Waals surface area contributed by atoms with Crippen molar-refractivity contribution in [3.05, 3.63) is 47.7 Å². The Morgan fingerprint density at radius 1 is 1.32 bits per heavy atom. The van der Waals surface area contributed by atoms with Crippen LogP contribution in [-0.4, -0.2) is 15.5 Å². The summed E-state index contributed by atoms with van der Waals surface area (Å²) in [4.78, 5) is 14.7. The number of imidazole rings is 1. The molecular weight excluding hydrogens is 259 g/mol. The van der Waals surface area contributed by atoms with Gasteiger partial charge in [0.05, 0.1) is 6.33 Å². The summed E-state index contributed by atoms with van der Waals surface area (Å²) < 4.78 is 40.3. The summed E-state index contributed by atoms with van der Waals surface area (Å²) in [5, 5.41) is 2.46. The fourth-order valence-electron chi connectivity index (χ4n) is 1.60. The van der Waals surface area contributed by atoms with Crippen LogP contribution < -0.4 is 5.32 Å². The molecule has 0 saturated heterocycles. The molecule has 19 heavy (non-hydrogen) atoms. The molecule has 7 heteroatoms. The van der Waals surface area contributed by atoms with Crippen molar-refractivity contribution < 1.29 is 18.0 Å². The minimum atomic E-state index is -1.49. The van der Waals surface area contributed by atoms with Crippen molar-refractivity contribution >= 4 is 11.7 Å². The molecule has 0 saturated carbocycles. The third kappa shape index (κ3) is 3.12. The molecule has 0 fully saturated rings. The first-order valence-corrected chi connectivity index (χ1v) is 5.38. The van der Waals surface area contributed by atoms with Crippen LogP contribution in [0.2, 0.25) is 0 Å². The van der Waals surface area contributed by atoms with E-state index in [9.17, 15) is 18.0 Å². The average Bonchev–Trinajstić information content (AvgIpc) is 2.72. The molecule has 1 amide bonds. The van der Waals surface area contributed by atoms with Gasteiger partial charge in [-0.3, -0.25) is 4.79 Å². The Hall–Kier alpha value is -2.31. The van der Waals surface area contributed by atoms with Gasteiger partial charge in [-0.1, -0.05) is 0 Å². The number of carbonyl (C=O) groups is 1. The van der Waals surface area contributed by atoms with Crippen molar-refractivity contribution in [2.75, 3.05) is 5.32 Å². The van der Waals surface area contributed by atoms with Crippen LogP contribution >= 0.6 is 0 Å². The van der Waals surface area contributed by atoms with Crippen LogP contribution in [0.3, 0.4) is 0 Å². The summed E-state index contributed by atoms with van der Waals surface area (Å²) in [5.41, 5.74) is 0.253. The second kappa shape index (κ2) is 5.13. The molecule has 2 aromatic rings. The third-order valence-electron chi connectivity index (χ3n) is 2.35. The Kier molecular flexibility index (Phi) is 3.55. The van der Waals surface area contributed by atoms with Crippen LogP contribution in [0.25, 0.3) is 0 Å². The lowest BCUT2D eigenvalue weighted by Gasteiger charge is -2.04. The maximum absolute atomic E-state index is 13.0. The van der Waals surface area contributed by atoms with Gasteiger partial charge in [0, 0.05) is 19.7 Å². The van der Waals surface area contributed by atoms with E-state index in [2.05, 4.69) is 10.3 Å². The number of rotatable bonds is 3. The van der Waals surface area contributed by atoms with Gasteiger partial charge in [0.15, 0.2) is 23.3 Å². The number of aromatic nitrogens is 2. The van der Waals surface area contributed by atoms with Gasteiger partial charge in [-0.05, 0) is 17.7 Å². The summed E-state index contributed by atoms with van der Waals surface area (Å²) in [6.45, 7) is 1.45. The predicted molar refractivity (Wildman–Crippen MR) is 61.9 cm³/mol. The topological polar surface area (TPSA) is 46.9 Å². The second-order valence-corrected chi connectivity index (χ2v) is 3.99. The second-order valence-electron chi connectivity index (χ2n) is 3.99. The maximum Gasteiger partial charge on any atom is 0.222 e. The van der Waals surface area contributed by atoms with Crippen LogP contribution in [-0.2, 0) is 11.3 Å². The van der Waals surface area contributed by atoms with E-state index in [1.54, 1.807) is 0 Å². The van der Waals surface area contributed by atoms with E-state index in [-0.39, 0.29) is 18.0 Å². The lowest BCUT2D eigenvalue weighted by atomic mass is 10.2. The zero-order chi connectivity index (χ0) is 14.0. The Morgan fingerprint density at radius 2 is 1.95 bits per heavy atom. The number of nitrogens with one attached hydrogen (secondary N) is 1. The van der Waals surface area contributed by atoms with Crippen molar-refractivity contribution in [1.29, 1.82) is 0 Å². The van der Waals surface area contributed by atoms with Crippen molar-refractivity contribution in [3.63, 3.8) is 0 Å². The standard InChI is InChI=1S/C12H10F3N3O/c1-7(19)17-11-5-18(6-16-11)4-8-2-9(13)12(15)10(14)3-8/h2-3,5-6H,4H2,1H3,(H,17,19). The molecule has 1 heterocycles. The van der Waals surface area contributed by atoms with Crippen LogP contribution in [0.4, 0.5) is 19.0 Å². The molecule has 0 aliphatic heterocycles. The Balaban J connectivity index is 2.17. The molecule has 0 bridgehead atoms. The Morgan fingerprint density at radius 3 is 2.53 bits per heavy atom. The van der Waals surface area contributed by atoms with Gasteiger partial charge < -0.3 is 9.88 Å². The number of benzene rings is 1. The van der Waals surface area contributed by atoms with E-state index >= 15 is 0 Å². The van der Waals surface area contributed by atoms with E-state index in [0.717, 1.165) is 12.1 Å². The maximum atomic E-state index is 13.0. The molecule has 2 rings (SSSR count). The van der Waals surface area contributed by atoms with Crippen LogP contribution in [0.15, 0.2) is 24.7 Å². The molecule has 0 aliphatic carbocycles. The van der Waals surface area contributed by atoms with Gasteiger partial charge in [-0.15, -0.1) is 0 Å². The zero-order valence-corrected chi connectivity index (χ0v) is 9.95. The molecule has 4 nitrogen and oxygen atoms in total. The monoisotopic (exact) mass is 269 g/mol. The molecule has 0 aliphatic rings.